The molecule has 0 aromatic rings. The summed E-state index contributed by atoms with van der Waals surface area (Å²) < 4.78 is 63.3. The SMILES string of the molecule is Cl.O=C(NC1CCC(C(F)(F)F)CC1)C1CC(F)(F)CN1. The van der Waals surface area contributed by atoms with Gasteiger partial charge in [0, 0.05) is 12.5 Å². The van der Waals surface area contributed by atoms with Crippen LogP contribution in [0.15, 0.2) is 0 Å². The van der Waals surface area contributed by atoms with Gasteiger partial charge in [-0.25, -0.2) is 8.78 Å². The first-order valence-electron chi connectivity index (χ1n) is 6.66. The molecule has 3 nitrogen and oxygen atoms in total. The van der Waals surface area contributed by atoms with Gasteiger partial charge in [0.2, 0.25) is 5.91 Å². The lowest BCUT2D eigenvalue weighted by molar-refractivity contribution is -0.182. The molecule has 0 radical (unpaired) electrons. The van der Waals surface area contributed by atoms with E-state index < -0.39 is 42.9 Å². The number of hydrogen-bond donors (Lipinski definition) is 2. The molecular formula is C12H18ClF5N2O. The van der Waals surface area contributed by atoms with Gasteiger partial charge >= 0.3 is 6.18 Å². The number of alkyl halides is 5. The van der Waals surface area contributed by atoms with Crippen LogP contribution < -0.4 is 10.6 Å². The van der Waals surface area contributed by atoms with Crippen molar-refractivity contribution in [1.29, 1.82) is 0 Å². The number of halogens is 6. The summed E-state index contributed by atoms with van der Waals surface area (Å²) in [5, 5.41) is 5.00. The summed E-state index contributed by atoms with van der Waals surface area (Å²) >= 11 is 0. The van der Waals surface area contributed by atoms with Crippen LogP contribution in [0, 0.1) is 5.92 Å². The molecule has 1 unspecified atom stereocenters. The molecule has 2 aliphatic rings. The molecule has 9 heteroatoms. The minimum atomic E-state index is -4.19. The van der Waals surface area contributed by atoms with Crippen molar-refractivity contribution in [2.24, 2.45) is 5.92 Å². The average Bonchev–Trinajstić information content (AvgIpc) is 2.69. The Kier molecular flexibility index (Phi) is 5.83. The molecule has 0 aromatic carbocycles. The fourth-order valence-corrected chi connectivity index (χ4v) is 2.77. The number of amides is 1. The lowest BCUT2D eigenvalue weighted by atomic mass is 9.85. The normalized spacial score (nSPS) is 32.3. The van der Waals surface area contributed by atoms with Crippen molar-refractivity contribution in [2.75, 3.05) is 6.54 Å². The lowest BCUT2D eigenvalue weighted by Crippen LogP contribution is -2.47. The first kappa shape index (κ1) is 18.4. The van der Waals surface area contributed by atoms with Crippen LogP contribution in [0.25, 0.3) is 0 Å². The molecule has 2 fully saturated rings. The second-order valence-electron chi connectivity index (χ2n) is 5.59. The second-order valence-corrected chi connectivity index (χ2v) is 5.59. The van der Waals surface area contributed by atoms with Gasteiger partial charge in [0.15, 0.2) is 0 Å². The quantitative estimate of drug-likeness (QED) is 0.761. The van der Waals surface area contributed by atoms with Crippen molar-refractivity contribution in [3.8, 4) is 0 Å². The van der Waals surface area contributed by atoms with Gasteiger partial charge in [0.25, 0.3) is 5.92 Å². The predicted octanol–water partition coefficient (Wildman–Crippen LogP) is 2.64. The van der Waals surface area contributed by atoms with Crippen molar-refractivity contribution < 1.29 is 26.7 Å². The largest absolute Gasteiger partial charge is 0.391 e. The van der Waals surface area contributed by atoms with E-state index in [9.17, 15) is 26.7 Å². The van der Waals surface area contributed by atoms with E-state index in [1.807, 2.05) is 0 Å². The number of hydrogen-bond acceptors (Lipinski definition) is 2. The first-order valence-corrected chi connectivity index (χ1v) is 6.66. The number of carbonyl (C=O) groups is 1. The van der Waals surface area contributed by atoms with Crippen LogP contribution in [-0.4, -0.2) is 36.6 Å². The molecule has 0 aromatic heterocycles. The van der Waals surface area contributed by atoms with E-state index in [0.717, 1.165) is 0 Å². The van der Waals surface area contributed by atoms with E-state index in [0.29, 0.717) is 0 Å². The van der Waals surface area contributed by atoms with Gasteiger partial charge in [-0.15, -0.1) is 12.4 Å². The highest BCUT2D eigenvalue weighted by Gasteiger charge is 2.44. The van der Waals surface area contributed by atoms with Crippen molar-refractivity contribution >= 4 is 18.3 Å². The third kappa shape index (κ3) is 4.95. The molecule has 2 N–H and O–H groups in total. The molecule has 1 aliphatic carbocycles. The van der Waals surface area contributed by atoms with Crippen LogP contribution in [0.1, 0.15) is 32.1 Å². The summed E-state index contributed by atoms with van der Waals surface area (Å²) in [5.74, 6) is -4.75. The van der Waals surface area contributed by atoms with Crippen LogP contribution in [0.5, 0.6) is 0 Å². The van der Waals surface area contributed by atoms with E-state index in [4.69, 9.17) is 0 Å². The Balaban J connectivity index is 0.00000220. The van der Waals surface area contributed by atoms with E-state index in [1.54, 1.807) is 0 Å². The highest BCUT2D eigenvalue weighted by atomic mass is 35.5. The van der Waals surface area contributed by atoms with E-state index >= 15 is 0 Å². The zero-order valence-electron chi connectivity index (χ0n) is 11.2. The van der Waals surface area contributed by atoms with E-state index in [-0.39, 0.29) is 44.1 Å². The number of rotatable bonds is 2. The number of carbonyl (C=O) groups excluding carboxylic acids is 1. The zero-order valence-corrected chi connectivity index (χ0v) is 12.0. The third-order valence-electron chi connectivity index (χ3n) is 3.96. The van der Waals surface area contributed by atoms with Gasteiger partial charge < -0.3 is 5.32 Å². The summed E-state index contributed by atoms with van der Waals surface area (Å²) in [4.78, 5) is 11.8. The molecular weight excluding hydrogens is 319 g/mol. The van der Waals surface area contributed by atoms with Crippen LogP contribution in [0.2, 0.25) is 0 Å². The van der Waals surface area contributed by atoms with Crippen LogP contribution in [-0.2, 0) is 4.79 Å². The minimum Gasteiger partial charge on any atom is -0.352 e. The molecule has 2 rings (SSSR count). The fraction of sp³-hybridized carbons (Fsp3) is 0.917. The topological polar surface area (TPSA) is 41.1 Å². The van der Waals surface area contributed by atoms with Gasteiger partial charge in [0.1, 0.15) is 0 Å². The monoisotopic (exact) mass is 336 g/mol. The van der Waals surface area contributed by atoms with Crippen molar-refractivity contribution in [3.63, 3.8) is 0 Å². The van der Waals surface area contributed by atoms with Gasteiger partial charge in [-0.05, 0) is 25.7 Å². The zero-order chi connectivity index (χ0) is 15.0. The summed E-state index contributed by atoms with van der Waals surface area (Å²) in [6.07, 6.45) is -4.33. The van der Waals surface area contributed by atoms with Crippen molar-refractivity contribution in [3.05, 3.63) is 0 Å². The summed E-state index contributed by atoms with van der Waals surface area (Å²) in [6, 6.07) is -1.30. The third-order valence-corrected chi connectivity index (χ3v) is 3.96. The Hall–Kier alpha value is -0.630. The van der Waals surface area contributed by atoms with Crippen LogP contribution >= 0.6 is 12.4 Å². The Morgan fingerprint density at radius 3 is 2.14 bits per heavy atom. The molecule has 1 aliphatic heterocycles. The molecule has 1 saturated carbocycles. The molecule has 1 amide bonds. The molecule has 1 saturated heterocycles. The highest BCUT2D eigenvalue weighted by Crippen LogP contribution is 2.37. The lowest BCUT2D eigenvalue weighted by Gasteiger charge is -2.30. The molecule has 0 spiro atoms. The van der Waals surface area contributed by atoms with Gasteiger partial charge in [-0.3, -0.25) is 10.1 Å². The van der Waals surface area contributed by atoms with Crippen molar-refractivity contribution in [1.82, 2.24) is 10.6 Å². The van der Waals surface area contributed by atoms with Crippen LogP contribution in [0.4, 0.5) is 22.0 Å². The second kappa shape index (κ2) is 6.64. The molecule has 0 bridgehead atoms. The van der Waals surface area contributed by atoms with Gasteiger partial charge in [-0.1, -0.05) is 0 Å². The van der Waals surface area contributed by atoms with E-state index in [2.05, 4.69) is 10.6 Å². The predicted molar refractivity (Wildman–Crippen MR) is 68.5 cm³/mol. The first-order chi connectivity index (χ1) is 9.17. The Morgan fingerprint density at radius 1 is 1.14 bits per heavy atom. The molecule has 1 heterocycles. The maximum absolute atomic E-state index is 12.9. The van der Waals surface area contributed by atoms with Crippen LogP contribution in [0.3, 0.4) is 0 Å². The Morgan fingerprint density at radius 2 is 1.71 bits per heavy atom. The highest BCUT2D eigenvalue weighted by molar-refractivity contribution is 5.85. The standard InChI is InChI=1S/C12H17F5N2O.ClH/c13-11(14)5-9(18-6-11)10(20)19-8-3-1-7(2-4-8)12(15,16)17;/h7-9,18H,1-6H2,(H,19,20);1H. The van der Waals surface area contributed by atoms with Gasteiger partial charge in [-0.2, -0.15) is 13.2 Å². The minimum absolute atomic E-state index is 0. The number of nitrogens with one attached hydrogen (secondary N) is 2. The van der Waals surface area contributed by atoms with E-state index in [1.165, 1.54) is 0 Å². The maximum atomic E-state index is 12.9. The van der Waals surface area contributed by atoms with Crippen molar-refractivity contribution in [2.45, 2.75) is 56.3 Å². The van der Waals surface area contributed by atoms with Gasteiger partial charge in [0.05, 0.1) is 18.5 Å². The average molecular weight is 337 g/mol. The molecule has 1 atom stereocenters. The Bertz CT molecular complexity index is 369. The molecule has 124 valence electrons. The summed E-state index contributed by atoms with van der Waals surface area (Å²) in [5.41, 5.74) is 0. The fourth-order valence-electron chi connectivity index (χ4n) is 2.77. The Labute approximate surface area is 125 Å². The summed E-state index contributed by atoms with van der Waals surface area (Å²) in [6.45, 7) is -0.536. The molecule has 21 heavy (non-hydrogen) atoms. The smallest absolute Gasteiger partial charge is 0.352 e. The summed E-state index contributed by atoms with van der Waals surface area (Å²) in [7, 11) is 0. The maximum Gasteiger partial charge on any atom is 0.391 e.